The van der Waals surface area contributed by atoms with Crippen LogP contribution in [0.5, 0.6) is 0 Å². The highest BCUT2D eigenvalue weighted by molar-refractivity contribution is 8.46. The highest BCUT2D eigenvalue weighted by Gasteiger charge is 2.27. The van der Waals surface area contributed by atoms with E-state index < -0.39 is 8.56 Å². The second-order valence-electron chi connectivity index (χ2n) is 4.52. The molecule has 0 fully saturated rings. The predicted octanol–water partition coefficient (Wildman–Crippen LogP) is 4.69. The van der Waals surface area contributed by atoms with E-state index in [0.29, 0.717) is 0 Å². The zero-order chi connectivity index (χ0) is 14.8. The molecule has 112 valence electrons. The van der Waals surface area contributed by atoms with Crippen LogP contribution in [-0.4, -0.2) is 32.1 Å². The van der Waals surface area contributed by atoms with Gasteiger partial charge in [0.15, 0.2) is 0 Å². The van der Waals surface area contributed by atoms with Gasteiger partial charge >= 0.3 is 8.56 Å². The van der Waals surface area contributed by atoms with Gasteiger partial charge in [0.1, 0.15) is 3.53 Å². The zero-order valence-electron chi connectivity index (χ0n) is 12.3. The molecule has 1 rings (SSSR count). The molecule has 0 saturated heterocycles. The van der Waals surface area contributed by atoms with Gasteiger partial charge in [-0.15, -0.1) is 23.5 Å². The Labute approximate surface area is 137 Å². The summed E-state index contributed by atoms with van der Waals surface area (Å²) >= 11 is 8.90. The maximum atomic E-state index is 5.47. The van der Waals surface area contributed by atoms with Crippen molar-refractivity contribution in [2.24, 2.45) is 0 Å². The fourth-order valence-corrected chi connectivity index (χ4v) is 5.36. The third-order valence-electron chi connectivity index (χ3n) is 3.06. The van der Waals surface area contributed by atoms with Crippen LogP contribution >= 0.6 is 35.7 Å². The molecule has 0 atom stereocenters. The molecule has 0 bridgehead atoms. The van der Waals surface area contributed by atoms with Crippen LogP contribution in [0, 0.1) is 0 Å². The first-order valence-corrected chi connectivity index (χ1v) is 11.4. The van der Waals surface area contributed by atoms with Crippen molar-refractivity contribution < 1.29 is 8.85 Å². The lowest BCUT2D eigenvalue weighted by molar-refractivity contribution is 0.249. The third-order valence-corrected chi connectivity index (χ3v) is 8.90. The molecule has 0 saturated carbocycles. The molecule has 1 aromatic carbocycles. The van der Waals surface area contributed by atoms with Crippen molar-refractivity contribution in [3.8, 4) is 0 Å². The molecule has 0 aliphatic heterocycles. The van der Waals surface area contributed by atoms with Crippen molar-refractivity contribution in [3.05, 3.63) is 35.9 Å². The van der Waals surface area contributed by atoms with Crippen LogP contribution in [0.15, 0.2) is 30.3 Å². The Morgan fingerprint density at radius 3 is 2.40 bits per heavy atom. The smallest absolute Gasteiger partial charge is 0.334 e. The summed E-state index contributed by atoms with van der Waals surface area (Å²) in [5.74, 6) is 1.99. The van der Waals surface area contributed by atoms with E-state index in [4.69, 9.17) is 21.1 Å². The first-order chi connectivity index (χ1) is 9.59. The Hall–Kier alpha value is 0.147. The summed E-state index contributed by atoms with van der Waals surface area (Å²) in [5, 5.41) is 0. The summed E-state index contributed by atoms with van der Waals surface area (Å²) in [4.78, 5) is 0. The Morgan fingerprint density at radius 1 is 1.15 bits per heavy atom. The lowest BCUT2D eigenvalue weighted by Gasteiger charge is -2.22. The van der Waals surface area contributed by atoms with Crippen LogP contribution in [0.2, 0.25) is 12.6 Å². The van der Waals surface area contributed by atoms with E-state index in [1.807, 2.05) is 6.07 Å². The number of hydrogen-bond acceptors (Lipinski definition) is 5. The first kappa shape index (κ1) is 18.2. The molecule has 0 aromatic heterocycles. The van der Waals surface area contributed by atoms with Crippen LogP contribution in [0.4, 0.5) is 0 Å². The minimum atomic E-state index is -1.90. The Bertz CT molecular complexity index is 397. The van der Waals surface area contributed by atoms with Crippen molar-refractivity contribution >= 4 is 47.8 Å². The maximum absolute atomic E-state index is 5.47. The number of benzene rings is 1. The molecule has 0 N–H and O–H groups in total. The minimum absolute atomic E-state index is 0.954. The van der Waals surface area contributed by atoms with Crippen molar-refractivity contribution in [3.63, 3.8) is 0 Å². The van der Waals surface area contributed by atoms with E-state index in [1.165, 1.54) is 5.56 Å². The van der Waals surface area contributed by atoms with Gasteiger partial charge in [-0.3, -0.25) is 0 Å². The van der Waals surface area contributed by atoms with Gasteiger partial charge in [-0.2, -0.15) is 0 Å². The van der Waals surface area contributed by atoms with Crippen molar-refractivity contribution in [1.29, 1.82) is 0 Å². The van der Waals surface area contributed by atoms with Crippen molar-refractivity contribution in [2.75, 3.05) is 20.0 Å². The second-order valence-corrected chi connectivity index (χ2v) is 11.4. The summed E-state index contributed by atoms with van der Waals surface area (Å²) in [7, 11) is 1.57. The number of thioether (sulfide) groups is 2. The Morgan fingerprint density at radius 2 is 1.80 bits per heavy atom. The quantitative estimate of drug-likeness (QED) is 0.385. The second kappa shape index (κ2) is 9.97. The maximum Gasteiger partial charge on any atom is 0.334 e. The van der Waals surface area contributed by atoms with E-state index in [0.717, 1.165) is 27.5 Å². The zero-order valence-corrected chi connectivity index (χ0v) is 15.7. The van der Waals surface area contributed by atoms with Crippen LogP contribution in [-0.2, 0) is 14.6 Å². The molecule has 1 aromatic rings. The highest BCUT2D eigenvalue weighted by Crippen LogP contribution is 2.24. The fourth-order valence-electron chi connectivity index (χ4n) is 1.59. The molecule has 0 amide bonds. The molecular weight excluding hydrogens is 324 g/mol. The van der Waals surface area contributed by atoms with E-state index in [9.17, 15) is 0 Å². The molecule has 0 radical (unpaired) electrons. The van der Waals surface area contributed by atoms with Gasteiger partial charge < -0.3 is 8.85 Å². The van der Waals surface area contributed by atoms with E-state index in [2.05, 4.69) is 30.8 Å². The lowest BCUT2D eigenvalue weighted by atomic mass is 10.2. The van der Waals surface area contributed by atoms with Gasteiger partial charge in [0.2, 0.25) is 0 Å². The molecule has 0 unspecified atom stereocenters. The number of rotatable bonds is 8. The third kappa shape index (κ3) is 7.24. The van der Waals surface area contributed by atoms with Crippen LogP contribution in [0.25, 0.3) is 0 Å². The van der Waals surface area contributed by atoms with Gasteiger partial charge in [0.25, 0.3) is 0 Å². The van der Waals surface area contributed by atoms with Gasteiger partial charge in [-0.05, 0) is 30.3 Å². The summed E-state index contributed by atoms with van der Waals surface area (Å²) < 4.78 is 12.0. The molecule has 6 heteroatoms. The number of hydrogen-bond donors (Lipinski definition) is 0. The summed E-state index contributed by atoms with van der Waals surface area (Å²) in [6.07, 6.45) is 1.08. The van der Waals surface area contributed by atoms with Crippen LogP contribution in [0.1, 0.15) is 12.0 Å². The molecule has 0 aliphatic rings. The van der Waals surface area contributed by atoms with E-state index in [1.54, 1.807) is 37.7 Å². The van der Waals surface area contributed by atoms with Gasteiger partial charge in [-0.1, -0.05) is 42.5 Å². The fraction of sp³-hybridized carbons (Fsp3) is 0.500. The molecule has 0 spiro atoms. The van der Waals surface area contributed by atoms with Gasteiger partial charge in [0, 0.05) is 20.0 Å². The average molecular weight is 347 g/mol. The van der Waals surface area contributed by atoms with Crippen molar-refractivity contribution in [2.45, 2.75) is 24.8 Å². The summed E-state index contributed by atoms with van der Waals surface area (Å²) in [5.41, 5.74) is 1.32. The monoisotopic (exact) mass is 346 g/mol. The lowest BCUT2D eigenvalue weighted by Crippen LogP contribution is -2.35. The standard InChI is InChI=1S/C14H22O2S3Si/c1-15-20(3,16-2)11-7-10-18-14(17)19-12-13-8-5-4-6-9-13/h4-6,8-9H,7,10-12H2,1-3H3. The van der Waals surface area contributed by atoms with Crippen LogP contribution < -0.4 is 0 Å². The largest absolute Gasteiger partial charge is 0.398 e. The van der Waals surface area contributed by atoms with Crippen LogP contribution in [0.3, 0.4) is 0 Å². The predicted molar refractivity (Wildman–Crippen MR) is 97.9 cm³/mol. The molecule has 0 heterocycles. The highest BCUT2D eigenvalue weighted by atomic mass is 32.2. The van der Waals surface area contributed by atoms with E-state index >= 15 is 0 Å². The Kier molecular flexibility index (Phi) is 9.07. The van der Waals surface area contributed by atoms with E-state index in [-0.39, 0.29) is 0 Å². The summed E-state index contributed by atoms with van der Waals surface area (Å²) in [6.45, 7) is 2.10. The molecule has 20 heavy (non-hydrogen) atoms. The topological polar surface area (TPSA) is 18.5 Å². The number of thiocarbonyl (C=S) groups is 1. The minimum Gasteiger partial charge on any atom is -0.398 e. The van der Waals surface area contributed by atoms with Gasteiger partial charge in [0.05, 0.1) is 0 Å². The molecular formula is C14H22O2S3Si. The van der Waals surface area contributed by atoms with Crippen molar-refractivity contribution in [1.82, 2.24) is 0 Å². The first-order valence-electron chi connectivity index (χ1n) is 6.53. The van der Waals surface area contributed by atoms with Gasteiger partial charge in [-0.25, -0.2) is 0 Å². The molecule has 0 aliphatic carbocycles. The summed E-state index contributed by atoms with van der Waals surface area (Å²) in [6, 6.07) is 11.4. The normalized spacial score (nSPS) is 11.6. The Balaban J connectivity index is 2.15. The molecule has 2 nitrogen and oxygen atoms in total. The SMILES string of the molecule is CO[Si](C)(CCCSC(=S)SCc1ccccc1)OC. The average Bonchev–Trinajstić information content (AvgIpc) is 2.50.